The van der Waals surface area contributed by atoms with Crippen LogP contribution in [0.2, 0.25) is 0 Å². The van der Waals surface area contributed by atoms with Crippen LogP contribution in [0.25, 0.3) is 0 Å². The zero-order valence-electron chi connectivity index (χ0n) is 11.4. The number of hydrogen-bond donors (Lipinski definition) is 1. The van der Waals surface area contributed by atoms with Gasteiger partial charge >= 0.3 is 0 Å². The number of aromatic nitrogens is 1. The molecular formula is C15H13N3O3. The Hall–Kier alpha value is -3.07. The van der Waals surface area contributed by atoms with Crippen molar-refractivity contribution in [3.63, 3.8) is 0 Å². The summed E-state index contributed by atoms with van der Waals surface area (Å²) < 4.78 is 10.2. The van der Waals surface area contributed by atoms with Gasteiger partial charge in [-0.3, -0.25) is 4.79 Å². The topological polar surface area (TPSA) is 84.2 Å². The first-order chi connectivity index (χ1) is 10.2. The largest absolute Gasteiger partial charge is 0.480 e. The summed E-state index contributed by atoms with van der Waals surface area (Å²) >= 11 is 0. The summed E-state index contributed by atoms with van der Waals surface area (Å²) in [4.78, 5) is 16.2. The Morgan fingerprint density at radius 2 is 2.24 bits per heavy atom. The van der Waals surface area contributed by atoms with E-state index in [4.69, 9.17) is 14.7 Å². The maximum absolute atomic E-state index is 12.2. The molecule has 2 aromatic rings. The number of ether oxygens (including phenoxy) is 2. The van der Waals surface area contributed by atoms with E-state index < -0.39 is 0 Å². The van der Waals surface area contributed by atoms with Gasteiger partial charge in [0.1, 0.15) is 17.4 Å². The number of carbonyl (C=O) groups is 1. The first kappa shape index (κ1) is 14.3. The third-order valence-electron chi connectivity index (χ3n) is 2.60. The maximum Gasteiger partial charge on any atom is 0.261 e. The Bertz CT molecular complexity index is 680. The first-order valence-corrected chi connectivity index (χ1v) is 6.14. The summed E-state index contributed by atoms with van der Waals surface area (Å²) in [6, 6.07) is 12.0. The van der Waals surface area contributed by atoms with Gasteiger partial charge in [0.15, 0.2) is 6.61 Å². The second kappa shape index (κ2) is 6.91. The molecule has 0 aliphatic carbocycles. The van der Waals surface area contributed by atoms with Gasteiger partial charge in [-0.1, -0.05) is 6.07 Å². The number of methoxy groups -OCH3 is 1. The van der Waals surface area contributed by atoms with Crippen molar-refractivity contribution < 1.29 is 14.3 Å². The molecule has 0 aliphatic heterocycles. The Balaban J connectivity index is 2.14. The van der Waals surface area contributed by atoms with Crippen molar-refractivity contribution in [2.75, 3.05) is 19.0 Å². The predicted molar refractivity (Wildman–Crippen MR) is 76.3 cm³/mol. The molecule has 106 valence electrons. The SMILES string of the molecule is COc1ncccc1C(=O)Nc1cccc(OCC#N)c1. The average molecular weight is 283 g/mol. The van der Waals surface area contributed by atoms with E-state index in [9.17, 15) is 4.79 Å². The lowest BCUT2D eigenvalue weighted by molar-refractivity contribution is 0.102. The van der Waals surface area contributed by atoms with E-state index in [2.05, 4.69) is 10.3 Å². The van der Waals surface area contributed by atoms with Crippen LogP contribution in [0.5, 0.6) is 11.6 Å². The van der Waals surface area contributed by atoms with Gasteiger partial charge in [0, 0.05) is 18.0 Å². The van der Waals surface area contributed by atoms with E-state index in [-0.39, 0.29) is 18.4 Å². The third kappa shape index (κ3) is 3.70. The molecule has 1 aromatic heterocycles. The van der Waals surface area contributed by atoms with E-state index in [0.29, 0.717) is 17.0 Å². The van der Waals surface area contributed by atoms with Gasteiger partial charge in [0.2, 0.25) is 5.88 Å². The lowest BCUT2D eigenvalue weighted by Crippen LogP contribution is -2.13. The standard InChI is InChI=1S/C15H13N3O3/c1-20-15-13(6-3-8-17-15)14(19)18-11-4-2-5-12(10-11)21-9-7-16/h2-6,8,10H,9H2,1H3,(H,18,19). The van der Waals surface area contributed by atoms with Crippen LogP contribution in [0.1, 0.15) is 10.4 Å². The average Bonchev–Trinajstić information content (AvgIpc) is 2.53. The van der Waals surface area contributed by atoms with Crippen molar-refractivity contribution in [2.45, 2.75) is 0 Å². The number of anilines is 1. The van der Waals surface area contributed by atoms with Crippen LogP contribution in [0.4, 0.5) is 5.69 Å². The normalized spacial score (nSPS) is 9.52. The minimum atomic E-state index is -0.336. The molecule has 0 radical (unpaired) electrons. The number of nitrogens with one attached hydrogen (secondary N) is 1. The molecule has 2 rings (SSSR count). The van der Waals surface area contributed by atoms with Crippen molar-refractivity contribution in [3.05, 3.63) is 48.2 Å². The van der Waals surface area contributed by atoms with E-state index in [1.165, 1.54) is 7.11 Å². The summed E-state index contributed by atoms with van der Waals surface area (Å²) in [5.41, 5.74) is 0.893. The molecule has 0 spiro atoms. The van der Waals surface area contributed by atoms with E-state index in [1.54, 1.807) is 42.6 Å². The predicted octanol–water partition coefficient (Wildman–Crippen LogP) is 2.24. The molecule has 1 N–H and O–H groups in total. The molecule has 1 aromatic carbocycles. The Labute approximate surface area is 121 Å². The molecule has 0 saturated carbocycles. The van der Waals surface area contributed by atoms with Gasteiger partial charge < -0.3 is 14.8 Å². The fourth-order valence-electron chi connectivity index (χ4n) is 1.70. The molecular weight excluding hydrogens is 270 g/mol. The van der Waals surface area contributed by atoms with Crippen LogP contribution >= 0.6 is 0 Å². The van der Waals surface area contributed by atoms with Gasteiger partial charge in [-0.15, -0.1) is 0 Å². The Kier molecular flexibility index (Phi) is 4.72. The van der Waals surface area contributed by atoms with Crippen LogP contribution in [0.3, 0.4) is 0 Å². The molecule has 1 amide bonds. The molecule has 0 unspecified atom stereocenters. The van der Waals surface area contributed by atoms with Crippen molar-refractivity contribution in [1.29, 1.82) is 5.26 Å². The molecule has 0 atom stereocenters. The molecule has 0 saturated heterocycles. The van der Waals surface area contributed by atoms with Crippen molar-refractivity contribution in [3.8, 4) is 17.7 Å². The molecule has 21 heavy (non-hydrogen) atoms. The Morgan fingerprint density at radius 1 is 1.38 bits per heavy atom. The molecule has 0 bridgehead atoms. The second-order valence-corrected chi connectivity index (χ2v) is 3.99. The lowest BCUT2D eigenvalue weighted by Gasteiger charge is -2.09. The third-order valence-corrected chi connectivity index (χ3v) is 2.60. The van der Waals surface area contributed by atoms with Gasteiger partial charge in [-0.2, -0.15) is 5.26 Å². The fraction of sp³-hybridized carbons (Fsp3) is 0.133. The van der Waals surface area contributed by atoms with Crippen LogP contribution in [0, 0.1) is 11.3 Å². The highest BCUT2D eigenvalue weighted by atomic mass is 16.5. The highest BCUT2D eigenvalue weighted by Gasteiger charge is 2.13. The molecule has 6 nitrogen and oxygen atoms in total. The van der Waals surface area contributed by atoms with Crippen molar-refractivity contribution in [2.24, 2.45) is 0 Å². The summed E-state index contributed by atoms with van der Waals surface area (Å²) in [7, 11) is 1.45. The minimum absolute atomic E-state index is 0.0478. The number of nitrogens with zero attached hydrogens (tertiary/aromatic N) is 2. The quantitative estimate of drug-likeness (QED) is 0.909. The summed E-state index contributed by atoms with van der Waals surface area (Å²) in [5.74, 6) is 0.428. The highest BCUT2D eigenvalue weighted by Crippen LogP contribution is 2.20. The number of nitriles is 1. The van der Waals surface area contributed by atoms with Gasteiger partial charge in [0.05, 0.1) is 7.11 Å². The van der Waals surface area contributed by atoms with Crippen molar-refractivity contribution >= 4 is 11.6 Å². The smallest absolute Gasteiger partial charge is 0.261 e. The number of pyridine rings is 1. The number of amides is 1. The lowest BCUT2D eigenvalue weighted by atomic mass is 10.2. The number of rotatable bonds is 5. The summed E-state index contributed by atoms with van der Waals surface area (Å²) in [6.45, 7) is -0.0478. The van der Waals surface area contributed by atoms with Crippen LogP contribution in [0.15, 0.2) is 42.6 Å². The summed E-state index contributed by atoms with van der Waals surface area (Å²) in [6.07, 6.45) is 1.55. The van der Waals surface area contributed by atoms with Crippen LogP contribution < -0.4 is 14.8 Å². The van der Waals surface area contributed by atoms with Crippen LogP contribution in [-0.4, -0.2) is 24.6 Å². The van der Waals surface area contributed by atoms with Gasteiger partial charge in [-0.25, -0.2) is 4.98 Å². The number of benzene rings is 1. The molecule has 1 heterocycles. The second-order valence-electron chi connectivity index (χ2n) is 3.99. The monoisotopic (exact) mass is 283 g/mol. The zero-order chi connectivity index (χ0) is 15.1. The van der Waals surface area contributed by atoms with E-state index >= 15 is 0 Å². The first-order valence-electron chi connectivity index (χ1n) is 6.14. The Morgan fingerprint density at radius 3 is 3.00 bits per heavy atom. The number of carbonyl (C=O) groups excluding carboxylic acids is 1. The zero-order valence-corrected chi connectivity index (χ0v) is 11.4. The van der Waals surface area contributed by atoms with E-state index in [0.717, 1.165) is 0 Å². The molecule has 0 fully saturated rings. The highest BCUT2D eigenvalue weighted by molar-refractivity contribution is 6.05. The van der Waals surface area contributed by atoms with Gasteiger partial charge in [0.25, 0.3) is 5.91 Å². The van der Waals surface area contributed by atoms with E-state index in [1.807, 2.05) is 6.07 Å². The maximum atomic E-state index is 12.2. The fourth-order valence-corrected chi connectivity index (χ4v) is 1.70. The molecule has 0 aliphatic rings. The minimum Gasteiger partial charge on any atom is -0.480 e. The number of hydrogen-bond acceptors (Lipinski definition) is 5. The van der Waals surface area contributed by atoms with Crippen molar-refractivity contribution in [1.82, 2.24) is 4.98 Å². The van der Waals surface area contributed by atoms with Crippen LogP contribution in [-0.2, 0) is 0 Å². The molecule has 6 heteroatoms. The summed E-state index contributed by atoms with van der Waals surface area (Å²) in [5, 5.41) is 11.2. The van der Waals surface area contributed by atoms with Gasteiger partial charge in [-0.05, 0) is 24.3 Å².